The molecule has 2 aliphatic heterocycles. The average Bonchev–Trinajstić information content (AvgIpc) is 2.97. The van der Waals surface area contributed by atoms with Crippen LogP contribution < -0.4 is 10.8 Å². The third kappa shape index (κ3) is 2.81. The SMILES string of the molecule is Cn1c(CN2C[C@@H]3C[C@@H](C2)c2cccc(=O)n2C3)nc2cc(N([O-])O)ccc21. The fraction of sp³-hybridized carbons (Fsp3) is 0.400. The molecule has 1 N–H and O–H groups in total. The summed E-state index contributed by atoms with van der Waals surface area (Å²) in [6.45, 7) is 3.34. The highest BCUT2D eigenvalue weighted by Gasteiger charge is 2.34. The van der Waals surface area contributed by atoms with Gasteiger partial charge >= 0.3 is 0 Å². The van der Waals surface area contributed by atoms with Crippen molar-refractivity contribution in [3.05, 3.63) is 63.5 Å². The summed E-state index contributed by atoms with van der Waals surface area (Å²) in [6.07, 6.45) is 1.13. The van der Waals surface area contributed by atoms with Crippen LogP contribution in [0.1, 0.15) is 23.9 Å². The highest BCUT2D eigenvalue weighted by atomic mass is 16.8. The molecule has 0 spiro atoms. The molecular formula is C20H22N5O3-. The molecule has 0 saturated carbocycles. The van der Waals surface area contributed by atoms with Gasteiger partial charge in [-0.1, -0.05) is 6.07 Å². The van der Waals surface area contributed by atoms with Gasteiger partial charge in [0.1, 0.15) is 5.82 Å². The van der Waals surface area contributed by atoms with E-state index in [2.05, 4.69) is 11.0 Å². The smallest absolute Gasteiger partial charge is 0.250 e. The van der Waals surface area contributed by atoms with E-state index in [1.807, 2.05) is 22.2 Å². The molecule has 8 nitrogen and oxygen atoms in total. The van der Waals surface area contributed by atoms with Crippen LogP contribution in [0.25, 0.3) is 11.0 Å². The minimum Gasteiger partial charge on any atom is -0.733 e. The Balaban J connectivity index is 1.42. The van der Waals surface area contributed by atoms with Gasteiger partial charge in [-0.3, -0.25) is 14.9 Å². The predicted octanol–water partition coefficient (Wildman–Crippen LogP) is 2.05. The molecule has 0 unspecified atom stereocenters. The molecular weight excluding hydrogens is 358 g/mol. The number of aromatic nitrogens is 3. The Morgan fingerprint density at radius 2 is 2.11 bits per heavy atom. The third-order valence-electron chi connectivity index (χ3n) is 6.10. The zero-order valence-electron chi connectivity index (χ0n) is 15.7. The molecule has 0 aliphatic carbocycles. The molecule has 8 heteroatoms. The van der Waals surface area contributed by atoms with Crippen LogP contribution in [0.15, 0.2) is 41.2 Å². The van der Waals surface area contributed by atoms with Crippen molar-refractivity contribution in [1.29, 1.82) is 0 Å². The van der Waals surface area contributed by atoms with E-state index in [0.717, 1.165) is 43.1 Å². The van der Waals surface area contributed by atoms with Crippen molar-refractivity contribution < 1.29 is 5.21 Å². The number of fused-ring (bicyclic) bond motifs is 5. The number of nitrogens with zero attached hydrogens (tertiary/aromatic N) is 5. The van der Waals surface area contributed by atoms with Gasteiger partial charge in [0, 0.05) is 44.4 Å². The quantitative estimate of drug-likeness (QED) is 0.700. The molecule has 4 heterocycles. The monoisotopic (exact) mass is 380 g/mol. The predicted molar refractivity (Wildman–Crippen MR) is 105 cm³/mol. The lowest BCUT2D eigenvalue weighted by Gasteiger charge is -2.42. The third-order valence-corrected chi connectivity index (χ3v) is 6.10. The molecule has 2 bridgehead atoms. The molecule has 2 atom stereocenters. The Hall–Kier alpha value is -2.68. The first-order valence-electron chi connectivity index (χ1n) is 9.53. The summed E-state index contributed by atoms with van der Waals surface area (Å²) >= 11 is 0. The van der Waals surface area contributed by atoms with E-state index < -0.39 is 0 Å². The first-order chi connectivity index (χ1) is 13.5. The van der Waals surface area contributed by atoms with Crippen LogP contribution in [0.5, 0.6) is 0 Å². The number of imidazole rings is 1. The zero-order chi connectivity index (χ0) is 19.4. The lowest BCUT2D eigenvalue weighted by molar-refractivity contribution is 0.111. The molecule has 28 heavy (non-hydrogen) atoms. The summed E-state index contributed by atoms with van der Waals surface area (Å²) in [6, 6.07) is 10.6. The van der Waals surface area contributed by atoms with E-state index in [1.165, 1.54) is 0 Å². The highest BCUT2D eigenvalue weighted by Crippen LogP contribution is 2.35. The molecule has 5 rings (SSSR count). The fourth-order valence-corrected chi connectivity index (χ4v) is 4.82. The van der Waals surface area contributed by atoms with E-state index in [9.17, 15) is 10.0 Å². The summed E-state index contributed by atoms with van der Waals surface area (Å²) in [5.41, 5.74) is 3.03. The number of rotatable bonds is 3. The molecule has 1 saturated heterocycles. The minimum atomic E-state index is -0.140. The Labute approximate surface area is 161 Å². The van der Waals surface area contributed by atoms with Crippen molar-refractivity contribution in [3.8, 4) is 0 Å². The topological polar surface area (TPSA) is 89.6 Å². The molecule has 3 aromatic rings. The van der Waals surface area contributed by atoms with Crippen molar-refractivity contribution in [3.63, 3.8) is 0 Å². The first kappa shape index (κ1) is 17.4. The fourth-order valence-electron chi connectivity index (χ4n) is 4.82. The van der Waals surface area contributed by atoms with Crippen LogP contribution in [0.2, 0.25) is 0 Å². The zero-order valence-corrected chi connectivity index (χ0v) is 15.7. The lowest BCUT2D eigenvalue weighted by atomic mass is 9.83. The van der Waals surface area contributed by atoms with E-state index in [1.54, 1.807) is 24.3 Å². The second-order valence-electron chi connectivity index (χ2n) is 7.93. The van der Waals surface area contributed by atoms with Gasteiger partial charge in [-0.05, 0) is 36.6 Å². The standard InChI is InChI=1S/C20H22N5O3/c1-22-18-6-5-15(25(27)28)8-16(18)21-19(22)12-23-9-13-7-14(11-23)17-3-2-4-20(26)24(17)10-13/h2-6,8,13-14,27H,7,9-12H2,1H3/q-1/t13-,14-/m0/s1. The van der Waals surface area contributed by atoms with E-state index in [0.29, 0.717) is 23.9 Å². The van der Waals surface area contributed by atoms with Crippen molar-refractivity contribution in [1.82, 2.24) is 19.0 Å². The number of benzene rings is 1. The van der Waals surface area contributed by atoms with Gasteiger partial charge in [-0.2, -0.15) is 0 Å². The lowest BCUT2D eigenvalue weighted by Crippen LogP contribution is -2.46. The molecule has 1 fully saturated rings. The summed E-state index contributed by atoms with van der Waals surface area (Å²) < 4.78 is 3.98. The largest absolute Gasteiger partial charge is 0.733 e. The normalized spacial score (nSPS) is 21.7. The number of aryl methyl sites for hydroxylation is 1. The van der Waals surface area contributed by atoms with Gasteiger partial charge < -0.3 is 19.6 Å². The highest BCUT2D eigenvalue weighted by molar-refractivity contribution is 5.80. The number of hydrogen-bond acceptors (Lipinski definition) is 6. The maximum atomic E-state index is 12.2. The van der Waals surface area contributed by atoms with Crippen molar-refractivity contribution in [2.75, 3.05) is 18.3 Å². The molecule has 0 amide bonds. The van der Waals surface area contributed by atoms with E-state index in [-0.39, 0.29) is 16.5 Å². The van der Waals surface area contributed by atoms with Crippen molar-refractivity contribution in [2.24, 2.45) is 13.0 Å². The number of anilines is 1. The van der Waals surface area contributed by atoms with Gasteiger partial charge in [-0.15, -0.1) is 0 Å². The number of pyridine rings is 1. The van der Waals surface area contributed by atoms with Gasteiger partial charge in [0.25, 0.3) is 5.56 Å². The van der Waals surface area contributed by atoms with Crippen LogP contribution in [0.3, 0.4) is 0 Å². The molecule has 2 aromatic heterocycles. The maximum absolute atomic E-state index is 12.2. The number of piperidine rings is 1. The van der Waals surface area contributed by atoms with Gasteiger partial charge in [-0.25, -0.2) is 4.98 Å². The Morgan fingerprint density at radius 1 is 1.25 bits per heavy atom. The minimum absolute atomic E-state index is 0.100. The summed E-state index contributed by atoms with van der Waals surface area (Å²) in [5, 5.41) is 20.1. The van der Waals surface area contributed by atoms with Crippen LogP contribution in [-0.4, -0.2) is 37.3 Å². The Kier molecular flexibility index (Phi) is 4.01. The first-order valence-corrected chi connectivity index (χ1v) is 9.53. The van der Waals surface area contributed by atoms with Crippen molar-refractivity contribution >= 4 is 16.7 Å². The van der Waals surface area contributed by atoms with Crippen LogP contribution in [0, 0.1) is 11.1 Å². The van der Waals surface area contributed by atoms with Gasteiger partial charge in [0.2, 0.25) is 0 Å². The summed E-state index contributed by atoms with van der Waals surface area (Å²) in [4.78, 5) is 19.3. The molecule has 146 valence electrons. The van der Waals surface area contributed by atoms with Crippen molar-refractivity contribution in [2.45, 2.75) is 25.4 Å². The maximum Gasteiger partial charge on any atom is 0.250 e. The van der Waals surface area contributed by atoms with E-state index in [4.69, 9.17) is 10.2 Å². The van der Waals surface area contributed by atoms with Crippen LogP contribution >= 0.6 is 0 Å². The van der Waals surface area contributed by atoms with Gasteiger partial charge in [0.15, 0.2) is 0 Å². The number of hydrogen-bond donors (Lipinski definition) is 1. The van der Waals surface area contributed by atoms with E-state index >= 15 is 0 Å². The molecule has 1 aromatic carbocycles. The van der Waals surface area contributed by atoms with Crippen LogP contribution in [-0.2, 0) is 20.1 Å². The van der Waals surface area contributed by atoms with Gasteiger partial charge in [0.05, 0.1) is 23.3 Å². The Bertz CT molecular complexity index is 1100. The van der Waals surface area contributed by atoms with Crippen LogP contribution in [0.4, 0.5) is 5.69 Å². The average molecular weight is 380 g/mol. The summed E-state index contributed by atoms with van der Waals surface area (Å²) in [5.74, 6) is 1.76. The second kappa shape index (κ2) is 6.44. The molecule has 2 aliphatic rings. The Morgan fingerprint density at radius 3 is 2.93 bits per heavy atom. The molecule has 0 radical (unpaired) electrons. The second-order valence-corrected chi connectivity index (χ2v) is 7.93. The number of likely N-dealkylation sites (tertiary alicyclic amines) is 1. The summed E-state index contributed by atoms with van der Waals surface area (Å²) in [7, 11) is 1.97.